The van der Waals surface area contributed by atoms with E-state index >= 15 is 0 Å². The summed E-state index contributed by atoms with van der Waals surface area (Å²) in [5.74, 6) is 0.620. The number of anilines is 2. The van der Waals surface area contributed by atoms with Crippen LogP contribution >= 0.6 is 0 Å². The molecule has 0 spiro atoms. The molecule has 0 heterocycles. The van der Waals surface area contributed by atoms with E-state index in [9.17, 15) is 4.79 Å². The molecule has 2 rings (SSSR count). The van der Waals surface area contributed by atoms with Gasteiger partial charge in [-0.25, -0.2) is 0 Å². The van der Waals surface area contributed by atoms with E-state index in [1.807, 2.05) is 12.1 Å². The summed E-state index contributed by atoms with van der Waals surface area (Å²) < 4.78 is 0. The summed E-state index contributed by atoms with van der Waals surface area (Å²) in [6.45, 7) is 2.25. The molecule has 2 atom stereocenters. The van der Waals surface area contributed by atoms with Crippen molar-refractivity contribution in [3.8, 4) is 0 Å². The molecule has 0 aromatic heterocycles. The van der Waals surface area contributed by atoms with Crippen LogP contribution in [0.5, 0.6) is 0 Å². The third kappa shape index (κ3) is 3.24. The smallest absolute Gasteiger partial charge is 0.251 e. The van der Waals surface area contributed by atoms with Crippen molar-refractivity contribution >= 4 is 17.3 Å². The highest BCUT2D eigenvalue weighted by molar-refractivity contribution is 5.95. The van der Waals surface area contributed by atoms with Crippen LogP contribution in [0.3, 0.4) is 0 Å². The minimum absolute atomic E-state index is 0.104. The fourth-order valence-electron chi connectivity index (χ4n) is 3.07. The number of carbonyl (C=O) groups excluding carboxylic acids is 1. The molecule has 1 aliphatic rings. The van der Waals surface area contributed by atoms with E-state index in [4.69, 9.17) is 5.73 Å². The minimum atomic E-state index is -0.104. The van der Waals surface area contributed by atoms with Crippen LogP contribution in [0.1, 0.15) is 49.4 Å². The van der Waals surface area contributed by atoms with Crippen LogP contribution in [-0.4, -0.2) is 19.0 Å². The SMILES string of the molecule is CCC1CCCCC1Nc1ccc(C(=O)NC)cc1N. The van der Waals surface area contributed by atoms with Gasteiger partial charge in [0.1, 0.15) is 0 Å². The van der Waals surface area contributed by atoms with Crippen LogP contribution in [0, 0.1) is 5.92 Å². The lowest BCUT2D eigenvalue weighted by Crippen LogP contribution is -2.32. The number of benzene rings is 1. The summed E-state index contributed by atoms with van der Waals surface area (Å²) >= 11 is 0. The predicted molar refractivity (Wildman–Crippen MR) is 83.9 cm³/mol. The number of nitrogen functional groups attached to an aromatic ring is 1. The first kappa shape index (κ1) is 14.7. The van der Waals surface area contributed by atoms with Crippen molar-refractivity contribution in [2.45, 2.75) is 45.1 Å². The Morgan fingerprint density at radius 1 is 1.35 bits per heavy atom. The van der Waals surface area contributed by atoms with Crippen molar-refractivity contribution < 1.29 is 4.79 Å². The maximum Gasteiger partial charge on any atom is 0.251 e. The molecular weight excluding hydrogens is 250 g/mol. The van der Waals surface area contributed by atoms with Crippen LogP contribution in [0.15, 0.2) is 18.2 Å². The molecule has 20 heavy (non-hydrogen) atoms. The fraction of sp³-hybridized carbons (Fsp3) is 0.562. The summed E-state index contributed by atoms with van der Waals surface area (Å²) in [6.07, 6.45) is 6.32. The maximum absolute atomic E-state index is 11.6. The number of rotatable bonds is 4. The summed E-state index contributed by atoms with van der Waals surface area (Å²) in [4.78, 5) is 11.6. The molecule has 1 aliphatic carbocycles. The Morgan fingerprint density at radius 3 is 2.75 bits per heavy atom. The van der Waals surface area contributed by atoms with E-state index in [1.54, 1.807) is 13.1 Å². The molecule has 1 aromatic carbocycles. The molecule has 1 aromatic rings. The first-order chi connectivity index (χ1) is 9.65. The highest BCUT2D eigenvalue weighted by atomic mass is 16.1. The van der Waals surface area contributed by atoms with Gasteiger partial charge >= 0.3 is 0 Å². The van der Waals surface area contributed by atoms with E-state index in [0.29, 0.717) is 17.3 Å². The van der Waals surface area contributed by atoms with E-state index in [2.05, 4.69) is 17.6 Å². The first-order valence-electron chi connectivity index (χ1n) is 7.53. The number of hydrogen-bond acceptors (Lipinski definition) is 3. The van der Waals surface area contributed by atoms with Gasteiger partial charge in [0.05, 0.1) is 11.4 Å². The van der Waals surface area contributed by atoms with Gasteiger partial charge in [-0.1, -0.05) is 26.2 Å². The van der Waals surface area contributed by atoms with Crippen molar-refractivity contribution in [1.82, 2.24) is 5.32 Å². The number of hydrogen-bond donors (Lipinski definition) is 3. The van der Waals surface area contributed by atoms with Crippen LogP contribution in [0.2, 0.25) is 0 Å². The fourth-order valence-corrected chi connectivity index (χ4v) is 3.07. The van der Waals surface area contributed by atoms with Gasteiger partial charge in [-0.2, -0.15) is 0 Å². The summed E-state index contributed by atoms with van der Waals surface area (Å²) in [6, 6.07) is 5.98. The summed E-state index contributed by atoms with van der Waals surface area (Å²) in [7, 11) is 1.62. The van der Waals surface area contributed by atoms with Crippen LogP contribution in [0.4, 0.5) is 11.4 Å². The molecular formula is C16H25N3O. The van der Waals surface area contributed by atoms with Crippen LogP contribution in [0.25, 0.3) is 0 Å². The highest BCUT2D eigenvalue weighted by Crippen LogP contribution is 2.31. The second-order valence-electron chi connectivity index (χ2n) is 5.58. The molecule has 2 unspecified atom stereocenters. The van der Waals surface area contributed by atoms with Gasteiger partial charge < -0.3 is 16.4 Å². The monoisotopic (exact) mass is 275 g/mol. The summed E-state index contributed by atoms with van der Waals surface area (Å²) in [5, 5.41) is 6.19. The Kier molecular flexibility index (Phi) is 4.88. The van der Waals surface area contributed by atoms with Crippen molar-refractivity contribution in [1.29, 1.82) is 0 Å². The van der Waals surface area contributed by atoms with Crippen molar-refractivity contribution in [3.63, 3.8) is 0 Å². The van der Waals surface area contributed by atoms with E-state index < -0.39 is 0 Å². The largest absolute Gasteiger partial charge is 0.397 e. The van der Waals surface area contributed by atoms with Crippen molar-refractivity contribution in [3.05, 3.63) is 23.8 Å². The molecule has 0 aliphatic heterocycles. The Balaban J connectivity index is 2.11. The third-order valence-corrected chi connectivity index (χ3v) is 4.32. The lowest BCUT2D eigenvalue weighted by atomic mass is 9.82. The normalized spacial score (nSPS) is 22.3. The van der Waals surface area contributed by atoms with Crippen LogP contribution in [-0.2, 0) is 0 Å². The topological polar surface area (TPSA) is 67.2 Å². The molecule has 0 radical (unpaired) electrons. The van der Waals surface area contributed by atoms with Gasteiger partial charge in [-0.15, -0.1) is 0 Å². The predicted octanol–water partition coefficient (Wildman–Crippen LogP) is 3.01. The lowest BCUT2D eigenvalue weighted by Gasteiger charge is -2.32. The van der Waals surface area contributed by atoms with E-state index in [1.165, 1.54) is 32.1 Å². The van der Waals surface area contributed by atoms with Crippen molar-refractivity contribution in [2.75, 3.05) is 18.1 Å². The number of amides is 1. The second kappa shape index (κ2) is 6.64. The highest BCUT2D eigenvalue weighted by Gasteiger charge is 2.23. The first-order valence-corrected chi connectivity index (χ1v) is 7.53. The minimum Gasteiger partial charge on any atom is -0.397 e. The van der Waals surface area contributed by atoms with Crippen LogP contribution < -0.4 is 16.4 Å². The molecule has 1 saturated carbocycles. The van der Waals surface area contributed by atoms with Gasteiger partial charge in [-0.3, -0.25) is 4.79 Å². The molecule has 110 valence electrons. The molecule has 4 nitrogen and oxygen atoms in total. The Bertz CT molecular complexity index is 473. The standard InChI is InChI=1S/C16H25N3O/c1-3-11-6-4-5-7-14(11)19-15-9-8-12(10-13(15)17)16(20)18-2/h8-11,14,19H,3-7,17H2,1-2H3,(H,18,20). The molecule has 4 heteroatoms. The molecule has 0 bridgehead atoms. The maximum atomic E-state index is 11.6. The number of carbonyl (C=O) groups is 1. The van der Waals surface area contributed by atoms with E-state index in [-0.39, 0.29) is 5.91 Å². The average Bonchev–Trinajstić information content (AvgIpc) is 2.49. The quantitative estimate of drug-likeness (QED) is 0.740. The number of nitrogens with one attached hydrogen (secondary N) is 2. The van der Waals surface area contributed by atoms with Gasteiger partial charge in [0, 0.05) is 18.7 Å². The Hall–Kier alpha value is -1.71. The lowest BCUT2D eigenvalue weighted by molar-refractivity contribution is 0.0963. The molecule has 0 saturated heterocycles. The van der Waals surface area contributed by atoms with E-state index in [0.717, 1.165) is 11.6 Å². The Morgan fingerprint density at radius 2 is 2.10 bits per heavy atom. The summed E-state index contributed by atoms with van der Waals surface area (Å²) in [5.41, 5.74) is 8.27. The van der Waals surface area contributed by atoms with Gasteiger partial charge in [0.25, 0.3) is 5.91 Å². The number of nitrogens with two attached hydrogens (primary N) is 1. The molecule has 1 fully saturated rings. The van der Waals surface area contributed by atoms with Gasteiger partial charge in [0.15, 0.2) is 0 Å². The zero-order valence-corrected chi connectivity index (χ0v) is 12.4. The van der Waals surface area contributed by atoms with Gasteiger partial charge in [0.2, 0.25) is 0 Å². The molecule has 1 amide bonds. The van der Waals surface area contributed by atoms with Crippen molar-refractivity contribution in [2.24, 2.45) is 5.92 Å². The van der Waals surface area contributed by atoms with Gasteiger partial charge in [-0.05, 0) is 37.0 Å². The average molecular weight is 275 g/mol. The second-order valence-corrected chi connectivity index (χ2v) is 5.58. The zero-order valence-electron chi connectivity index (χ0n) is 12.4. The Labute approximate surface area is 121 Å². The third-order valence-electron chi connectivity index (χ3n) is 4.32. The molecule has 4 N–H and O–H groups in total. The zero-order chi connectivity index (χ0) is 14.5.